The van der Waals surface area contributed by atoms with E-state index in [1.54, 1.807) is 11.8 Å². The number of aliphatic hydroxyl groups is 1. The molecule has 5 heteroatoms. The molecule has 0 aliphatic carbocycles. The third kappa shape index (κ3) is 5.31. The summed E-state index contributed by atoms with van der Waals surface area (Å²) in [6.45, 7) is 0. The van der Waals surface area contributed by atoms with Gasteiger partial charge in [0.15, 0.2) is 0 Å². The smallest absolute Gasteiger partial charge is 0.393 e. The maximum atomic E-state index is 12.3. The molecule has 1 rings (SSSR count). The average Bonchev–Trinajstić information content (AvgIpc) is 2.29. The molecule has 1 N–H and O–H groups in total. The van der Waals surface area contributed by atoms with Crippen LogP contribution in [0.15, 0.2) is 24.3 Å². The van der Waals surface area contributed by atoms with Crippen LogP contribution < -0.4 is 0 Å². The summed E-state index contributed by atoms with van der Waals surface area (Å²) in [5.74, 6) is 0.990. The van der Waals surface area contributed by atoms with E-state index in [0.717, 1.165) is 29.9 Å². The Kier molecular flexibility index (Phi) is 6.02. The molecular weight excluding hydrogens is 261 g/mol. The molecule has 0 amide bonds. The molecule has 0 aromatic heterocycles. The molecule has 0 radical (unpaired) electrons. The topological polar surface area (TPSA) is 20.2 Å². The number of hydrogen-bond donors (Lipinski definition) is 1. The molecule has 18 heavy (non-hydrogen) atoms. The first-order valence-corrected chi connectivity index (χ1v) is 7.16. The molecule has 1 aromatic carbocycles. The molecule has 0 saturated carbocycles. The Labute approximate surface area is 109 Å². The number of thioether (sulfide) groups is 1. The van der Waals surface area contributed by atoms with Crippen molar-refractivity contribution in [3.05, 3.63) is 35.4 Å². The molecule has 1 nitrogen and oxygen atoms in total. The lowest BCUT2D eigenvalue weighted by Crippen LogP contribution is -2.11. The summed E-state index contributed by atoms with van der Waals surface area (Å²) in [6.07, 6.45) is -0.761. The van der Waals surface area contributed by atoms with Crippen molar-refractivity contribution < 1.29 is 18.3 Å². The van der Waals surface area contributed by atoms with Crippen molar-refractivity contribution in [3.63, 3.8) is 0 Å². The van der Waals surface area contributed by atoms with Gasteiger partial charge in [0.25, 0.3) is 0 Å². The van der Waals surface area contributed by atoms with Crippen molar-refractivity contribution in [2.24, 2.45) is 0 Å². The predicted octanol–water partition coefficient (Wildman–Crippen LogP) is 3.75. The first-order chi connectivity index (χ1) is 8.43. The lowest BCUT2D eigenvalue weighted by Gasteiger charge is -2.11. The SMILES string of the molecule is CSCCCC(O)Cc1ccc(C(F)(F)F)cc1. The predicted molar refractivity (Wildman–Crippen MR) is 68.8 cm³/mol. The standard InChI is InChI=1S/C13H17F3OS/c1-18-8-2-3-12(17)9-10-4-6-11(7-5-10)13(14,15)16/h4-7,12,17H,2-3,8-9H2,1H3. The third-order valence-corrected chi connectivity index (χ3v) is 3.34. The minimum Gasteiger partial charge on any atom is -0.393 e. The van der Waals surface area contributed by atoms with Crippen molar-refractivity contribution in [1.82, 2.24) is 0 Å². The van der Waals surface area contributed by atoms with E-state index in [-0.39, 0.29) is 0 Å². The fourth-order valence-electron chi connectivity index (χ4n) is 1.67. The van der Waals surface area contributed by atoms with E-state index in [0.29, 0.717) is 12.8 Å². The van der Waals surface area contributed by atoms with Gasteiger partial charge < -0.3 is 5.11 Å². The Bertz CT molecular complexity index is 348. The Morgan fingerprint density at radius 3 is 2.33 bits per heavy atom. The second kappa shape index (κ2) is 7.04. The Hall–Kier alpha value is -0.680. The molecule has 0 saturated heterocycles. The highest BCUT2D eigenvalue weighted by Crippen LogP contribution is 2.29. The molecule has 1 atom stereocenters. The van der Waals surface area contributed by atoms with Gasteiger partial charge in [0.1, 0.15) is 0 Å². The van der Waals surface area contributed by atoms with Crippen molar-refractivity contribution >= 4 is 11.8 Å². The zero-order valence-corrected chi connectivity index (χ0v) is 11.0. The van der Waals surface area contributed by atoms with Crippen LogP contribution in [-0.4, -0.2) is 23.2 Å². The quantitative estimate of drug-likeness (QED) is 0.800. The largest absolute Gasteiger partial charge is 0.416 e. The summed E-state index contributed by atoms with van der Waals surface area (Å²) in [6, 6.07) is 4.98. The summed E-state index contributed by atoms with van der Waals surface area (Å²) < 4.78 is 37.0. The summed E-state index contributed by atoms with van der Waals surface area (Å²) in [5, 5.41) is 9.73. The van der Waals surface area contributed by atoms with Gasteiger partial charge in [-0.3, -0.25) is 0 Å². The van der Waals surface area contributed by atoms with E-state index in [1.807, 2.05) is 6.26 Å². The van der Waals surface area contributed by atoms with Gasteiger partial charge in [0.2, 0.25) is 0 Å². The van der Waals surface area contributed by atoms with E-state index in [1.165, 1.54) is 12.1 Å². The molecule has 0 heterocycles. The molecule has 0 spiro atoms. The summed E-state index contributed by atoms with van der Waals surface area (Å²) in [5.41, 5.74) is 0.0859. The van der Waals surface area contributed by atoms with Gasteiger partial charge in [0, 0.05) is 0 Å². The third-order valence-electron chi connectivity index (χ3n) is 2.64. The van der Waals surface area contributed by atoms with Crippen molar-refractivity contribution in [2.45, 2.75) is 31.5 Å². The highest BCUT2D eigenvalue weighted by atomic mass is 32.2. The fourth-order valence-corrected chi connectivity index (χ4v) is 2.12. The maximum Gasteiger partial charge on any atom is 0.416 e. The molecule has 102 valence electrons. The van der Waals surface area contributed by atoms with E-state index in [9.17, 15) is 18.3 Å². The minimum atomic E-state index is -4.30. The second-order valence-electron chi connectivity index (χ2n) is 4.19. The zero-order valence-electron chi connectivity index (χ0n) is 10.2. The molecule has 0 aliphatic rings. The lowest BCUT2D eigenvalue weighted by atomic mass is 10.0. The molecule has 1 aromatic rings. The van der Waals surface area contributed by atoms with Crippen LogP contribution in [0, 0.1) is 0 Å². The van der Waals surface area contributed by atoms with E-state index in [2.05, 4.69) is 0 Å². The van der Waals surface area contributed by atoms with Gasteiger partial charge in [-0.1, -0.05) is 12.1 Å². The average molecular weight is 278 g/mol. The molecule has 0 fully saturated rings. The van der Waals surface area contributed by atoms with Crippen LogP contribution in [0.2, 0.25) is 0 Å². The zero-order chi connectivity index (χ0) is 13.6. The van der Waals surface area contributed by atoms with Crippen LogP contribution in [0.5, 0.6) is 0 Å². The second-order valence-corrected chi connectivity index (χ2v) is 5.17. The van der Waals surface area contributed by atoms with Crippen molar-refractivity contribution in [2.75, 3.05) is 12.0 Å². The highest BCUT2D eigenvalue weighted by Gasteiger charge is 2.29. The van der Waals surface area contributed by atoms with Gasteiger partial charge in [-0.05, 0) is 49.0 Å². The molecule has 0 bridgehead atoms. The Morgan fingerprint density at radius 2 is 1.83 bits per heavy atom. The van der Waals surface area contributed by atoms with Gasteiger partial charge >= 0.3 is 6.18 Å². The van der Waals surface area contributed by atoms with E-state index in [4.69, 9.17) is 0 Å². The number of alkyl halides is 3. The maximum absolute atomic E-state index is 12.3. The molecule has 1 unspecified atom stereocenters. The number of benzene rings is 1. The fraction of sp³-hybridized carbons (Fsp3) is 0.538. The Balaban J connectivity index is 2.48. The van der Waals surface area contributed by atoms with Gasteiger partial charge in [-0.15, -0.1) is 0 Å². The summed E-state index contributed by atoms with van der Waals surface area (Å²) in [7, 11) is 0. The van der Waals surface area contributed by atoms with Gasteiger partial charge in [-0.25, -0.2) is 0 Å². The van der Waals surface area contributed by atoms with Crippen LogP contribution in [0.4, 0.5) is 13.2 Å². The normalized spacial score (nSPS) is 13.6. The number of hydrogen-bond acceptors (Lipinski definition) is 2. The van der Waals surface area contributed by atoms with Crippen LogP contribution >= 0.6 is 11.8 Å². The lowest BCUT2D eigenvalue weighted by molar-refractivity contribution is -0.137. The first kappa shape index (κ1) is 15.4. The van der Waals surface area contributed by atoms with Crippen molar-refractivity contribution in [3.8, 4) is 0 Å². The Morgan fingerprint density at radius 1 is 1.22 bits per heavy atom. The van der Waals surface area contributed by atoms with Gasteiger partial charge in [0.05, 0.1) is 11.7 Å². The van der Waals surface area contributed by atoms with Gasteiger partial charge in [-0.2, -0.15) is 24.9 Å². The molecular formula is C13H17F3OS. The van der Waals surface area contributed by atoms with E-state index >= 15 is 0 Å². The minimum absolute atomic E-state index is 0.409. The van der Waals surface area contributed by atoms with Crippen LogP contribution in [0.1, 0.15) is 24.0 Å². The first-order valence-electron chi connectivity index (χ1n) is 5.76. The molecule has 0 aliphatic heterocycles. The summed E-state index contributed by atoms with van der Waals surface area (Å²) >= 11 is 1.72. The highest BCUT2D eigenvalue weighted by molar-refractivity contribution is 7.98. The monoisotopic (exact) mass is 278 g/mol. The number of rotatable bonds is 6. The van der Waals surface area contributed by atoms with Crippen molar-refractivity contribution in [1.29, 1.82) is 0 Å². The van der Waals surface area contributed by atoms with Crippen LogP contribution in [0.25, 0.3) is 0 Å². The van der Waals surface area contributed by atoms with Crippen LogP contribution in [0.3, 0.4) is 0 Å². The number of halogens is 3. The number of aliphatic hydroxyl groups excluding tert-OH is 1. The summed E-state index contributed by atoms with van der Waals surface area (Å²) in [4.78, 5) is 0. The van der Waals surface area contributed by atoms with Crippen LogP contribution in [-0.2, 0) is 12.6 Å². The van der Waals surface area contributed by atoms with E-state index < -0.39 is 17.8 Å².